The lowest BCUT2D eigenvalue weighted by atomic mass is 10.1. The van der Waals surface area contributed by atoms with Crippen LogP contribution in [0.3, 0.4) is 0 Å². The number of methoxy groups -OCH3 is 1. The largest absolute Gasteiger partial charge is 0.495 e. The van der Waals surface area contributed by atoms with E-state index in [1.54, 1.807) is 13.0 Å². The Balaban J connectivity index is 2.87. The van der Waals surface area contributed by atoms with Crippen LogP contribution < -0.4 is 15.8 Å². The topological polar surface area (TPSA) is 90.6 Å². The van der Waals surface area contributed by atoms with Crippen LogP contribution in [0.5, 0.6) is 5.75 Å². The van der Waals surface area contributed by atoms with E-state index in [0.29, 0.717) is 23.6 Å². The lowest BCUT2D eigenvalue weighted by Gasteiger charge is -2.11. The highest BCUT2D eigenvalue weighted by Gasteiger charge is 2.10. The van der Waals surface area contributed by atoms with Gasteiger partial charge in [0.25, 0.3) is 0 Å². The van der Waals surface area contributed by atoms with E-state index in [1.807, 2.05) is 0 Å². The summed E-state index contributed by atoms with van der Waals surface area (Å²) in [5.41, 5.74) is 5.85. The van der Waals surface area contributed by atoms with Crippen molar-refractivity contribution in [2.24, 2.45) is 5.73 Å². The van der Waals surface area contributed by atoms with Crippen molar-refractivity contribution in [2.45, 2.75) is 6.92 Å². The Labute approximate surface area is 105 Å². The molecule has 1 rings (SSSR count). The molecule has 0 atom stereocenters. The second-order valence-electron chi connectivity index (χ2n) is 3.46. The van der Waals surface area contributed by atoms with Crippen molar-refractivity contribution in [3.05, 3.63) is 23.8 Å². The second kappa shape index (κ2) is 6.61. The van der Waals surface area contributed by atoms with E-state index in [1.165, 1.54) is 19.2 Å². The quantitative estimate of drug-likeness (QED) is 0.782. The minimum Gasteiger partial charge on any atom is -0.495 e. The minimum absolute atomic E-state index is 0.0551. The molecule has 6 nitrogen and oxygen atoms in total. The van der Waals surface area contributed by atoms with Crippen molar-refractivity contribution in [3.63, 3.8) is 0 Å². The van der Waals surface area contributed by atoms with Crippen molar-refractivity contribution < 1.29 is 19.1 Å². The van der Waals surface area contributed by atoms with Crippen LogP contribution in [-0.4, -0.2) is 32.1 Å². The van der Waals surface area contributed by atoms with E-state index in [0.717, 1.165) is 0 Å². The molecule has 1 aromatic rings. The van der Waals surface area contributed by atoms with Gasteiger partial charge < -0.3 is 20.5 Å². The molecule has 6 heteroatoms. The monoisotopic (exact) mass is 252 g/mol. The Kier molecular flexibility index (Phi) is 5.13. The molecule has 1 aromatic carbocycles. The van der Waals surface area contributed by atoms with Crippen LogP contribution in [0.4, 0.5) is 5.69 Å². The van der Waals surface area contributed by atoms with E-state index >= 15 is 0 Å². The predicted molar refractivity (Wildman–Crippen MR) is 66.6 cm³/mol. The van der Waals surface area contributed by atoms with E-state index < -0.39 is 5.91 Å². The third-order valence-electron chi connectivity index (χ3n) is 2.20. The molecule has 0 unspecified atom stereocenters. The number of hydrogen-bond acceptors (Lipinski definition) is 4. The minimum atomic E-state index is -0.571. The number of rotatable bonds is 6. The Morgan fingerprint density at radius 3 is 2.67 bits per heavy atom. The molecule has 0 radical (unpaired) electrons. The first-order valence-electron chi connectivity index (χ1n) is 5.44. The fourth-order valence-electron chi connectivity index (χ4n) is 1.34. The highest BCUT2D eigenvalue weighted by atomic mass is 16.5. The summed E-state index contributed by atoms with van der Waals surface area (Å²) >= 11 is 0. The fraction of sp³-hybridized carbons (Fsp3) is 0.333. The number of primary amides is 1. The number of anilines is 1. The maximum absolute atomic E-state index is 11.5. The molecule has 0 aliphatic heterocycles. The zero-order valence-corrected chi connectivity index (χ0v) is 10.4. The highest BCUT2D eigenvalue weighted by Crippen LogP contribution is 2.25. The van der Waals surface area contributed by atoms with Crippen molar-refractivity contribution in [1.29, 1.82) is 0 Å². The van der Waals surface area contributed by atoms with Crippen LogP contribution >= 0.6 is 0 Å². The summed E-state index contributed by atoms with van der Waals surface area (Å²) in [6.07, 6.45) is 0. The van der Waals surface area contributed by atoms with Gasteiger partial charge in [0.1, 0.15) is 12.4 Å². The Bertz CT molecular complexity index is 446. The van der Waals surface area contributed by atoms with Gasteiger partial charge in [-0.05, 0) is 25.1 Å². The highest BCUT2D eigenvalue weighted by molar-refractivity contribution is 5.97. The first kappa shape index (κ1) is 14.0. The summed E-state index contributed by atoms with van der Waals surface area (Å²) in [6, 6.07) is 4.56. The summed E-state index contributed by atoms with van der Waals surface area (Å²) in [5, 5.41) is 2.59. The second-order valence-corrected chi connectivity index (χ2v) is 3.46. The summed E-state index contributed by atoms with van der Waals surface area (Å²) in [6.45, 7) is 2.19. The average Bonchev–Trinajstić information content (AvgIpc) is 2.36. The summed E-state index contributed by atoms with van der Waals surface area (Å²) < 4.78 is 10.1. The number of ether oxygens (including phenoxy) is 2. The van der Waals surface area contributed by atoms with Gasteiger partial charge >= 0.3 is 0 Å². The van der Waals surface area contributed by atoms with Crippen LogP contribution in [0.2, 0.25) is 0 Å². The van der Waals surface area contributed by atoms with Gasteiger partial charge in [0.2, 0.25) is 11.8 Å². The molecule has 0 aromatic heterocycles. The number of nitrogens with two attached hydrogens (primary N) is 1. The number of benzene rings is 1. The lowest BCUT2D eigenvalue weighted by Crippen LogP contribution is -2.19. The third-order valence-corrected chi connectivity index (χ3v) is 2.20. The maximum atomic E-state index is 11.5. The van der Waals surface area contributed by atoms with Crippen LogP contribution in [0, 0.1) is 0 Å². The van der Waals surface area contributed by atoms with Crippen LogP contribution in [0.25, 0.3) is 0 Å². The van der Waals surface area contributed by atoms with E-state index in [9.17, 15) is 9.59 Å². The number of nitrogens with one attached hydrogen (secondary N) is 1. The average molecular weight is 252 g/mol. The molecule has 0 aliphatic carbocycles. The lowest BCUT2D eigenvalue weighted by molar-refractivity contribution is -0.120. The molecule has 0 saturated carbocycles. The number of hydrogen-bond donors (Lipinski definition) is 2. The zero-order chi connectivity index (χ0) is 13.5. The fourth-order valence-corrected chi connectivity index (χ4v) is 1.34. The van der Waals surface area contributed by atoms with Crippen molar-refractivity contribution in [1.82, 2.24) is 0 Å². The first-order chi connectivity index (χ1) is 8.58. The first-order valence-corrected chi connectivity index (χ1v) is 5.44. The summed E-state index contributed by atoms with van der Waals surface area (Å²) in [4.78, 5) is 22.6. The Morgan fingerprint density at radius 1 is 1.39 bits per heavy atom. The molecule has 0 heterocycles. The van der Waals surface area contributed by atoms with Crippen LogP contribution in [-0.2, 0) is 9.53 Å². The van der Waals surface area contributed by atoms with Gasteiger partial charge in [-0.15, -0.1) is 0 Å². The van der Waals surface area contributed by atoms with Crippen LogP contribution in [0.1, 0.15) is 17.3 Å². The van der Waals surface area contributed by atoms with Crippen molar-refractivity contribution in [2.75, 3.05) is 25.6 Å². The number of carbonyl (C=O) groups is 2. The SMILES string of the molecule is CCOCC(=O)Nc1cc(C(N)=O)ccc1OC. The number of carbonyl (C=O) groups excluding carboxylic acids is 2. The van der Waals surface area contributed by atoms with Gasteiger partial charge in [0.15, 0.2) is 0 Å². The van der Waals surface area contributed by atoms with Gasteiger partial charge in [-0.2, -0.15) is 0 Å². The molecule has 0 bridgehead atoms. The molecular formula is C12H16N2O4. The Hall–Kier alpha value is -2.08. The molecule has 3 N–H and O–H groups in total. The zero-order valence-electron chi connectivity index (χ0n) is 10.4. The van der Waals surface area contributed by atoms with Crippen LogP contribution in [0.15, 0.2) is 18.2 Å². The summed E-state index contributed by atoms with van der Waals surface area (Å²) in [5.74, 6) is -0.445. The van der Waals surface area contributed by atoms with Gasteiger partial charge in [0, 0.05) is 12.2 Å². The van der Waals surface area contributed by atoms with Gasteiger partial charge in [-0.3, -0.25) is 9.59 Å². The predicted octanol–water partition coefficient (Wildman–Crippen LogP) is 0.769. The normalized spacial score (nSPS) is 9.89. The van der Waals surface area contributed by atoms with Crippen molar-refractivity contribution >= 4 is 17.5 Å². The van der Waals surface area contributed by atoms with Gasteiger partial charge in [0.05, 0.1) is 12.8 Å². The van der Waals surface area contributed by atoms with E-state index in [4.69, 9.17) is 15.2 Å². The molecule has 0 spiro atoms. The van der Waals surface area contributed by atoms with E-state index in [-0.39, 0.29) is 12.5 Å². The molecule has 0 saturated heterocycles. The smallest absolute Gasteiger partial charge is 0.250 e. The summed E-state index contributed by atoms with van der Waals surface area (Å²) in [7, 11) is 1.47. The maximum Gasteiger partial charge on any atom is 0.250 e. The molecule has 2 amide bonds. The van der Waals surface area contributed by atoms with Gasteiger partial charge in [-0.25, -0.2) is 0 Å². The molecule has 18 heavy (non-hydrogen) atoms. The molecule has 0 fully saturated rings. The van der Waals surface area contributed by atoms with Crippen molar-refractivity contribution in [3.8, 4) is 5.75 Å². The molecular weight excluding hydrogens is 236 g/mol. The third kappa shape index (κ3) is 3.74. The standard InChI is InChI=1S/C12H16N2O4/c1-3-18-7-11(15)14-9-6-8(12(13)16)4-5-10(9)17-2/h4-6H,3,7H2,1-2H3,(H2,13,16)(H,14,15). The number of amides is 2. The molecule has 98 valence electrons. The Morgan fingerprint density at radius 2 is 2.11 bits per heavy atom. The van der Waals surface area contributed by atoms with E-state index in [2.05, 4.69) is 5.32 Å². The van der Waals surface area contributed by atoms with Gasteiger partial charge in [-0.1, -0.05) is 0 Å². The molecule has 0 aliphatic rings.